The van der Waals surface area contributed by atoms with Crippen molar-refractivity contribution < 1.29 is 0 Å². The summed E-state index contributed by atoms with van der Waals surface area (Å²) < 4.78 is 0. The molecular formula is C18H25NS. The van der Waals surface area contributed by atoms with Gasteiger partial charge in [-0.2, -0.15) is 11.8 Å². The molecule has 0 aliphatic carbocycles. The largest absolute Gasteiger partial charge is 0.313 e. The summed E-state index contributed by atoms with van der Waals surface area (Å²) in [5.74, 6) is 1.31. The first-order valence-electron chi connectivity index (χ1n) is 7.57. The molecule has 0 bridgehead atoms. The van der Waals surface area contributed by atoms with Crippen LogP contribution in [0.1, 0.15) is 31.2 Å². The molecule has 0 atom stereocenters. The summed E-state index contributed by atoms with van der Waals surface area (Å²) in [6, 6.07) is 15.3. The SMILES string of the molecule is CSCCCCCCNCc1ccc2ccccc2c1. The van der Waals surface area contributed by atoms with Crippen LogP contribution in [0.4, 0.5) is 0 Å². The van der Waals surface area contributed by atoms with Crippen LogP contribution < -0.4 is 5.32 Å². The predicted octanol–water partition coefficient (Wildman–Crippen LogP) is 4.85. The quantitative estimate of drug-likeness (QED) is 0.661. The summed E-state index contributed by atoms with van der Waals surface area (Å²) in [5.41, 5.74) is 1.38. The lowest BCUT2D eigenvalue weighted by atomic mass is 10.1. The Morgan fingerprint density at radius 1 is 0.900 bits per heavy atom. The second-order valence-electron chi connectivity index (χ2n) is 5.27. The minimum Gasteiger partial charge on any atom is -0.313 e. The van der Waals surface area contributed by atoms with E-state index in [9.17, 15) is 0 Å². The van der Waals surface area contributed by atoms with Gasteiger partial charge in [0, 0.05) is 6.54 Å². The van der Waals surface area contributed by atoms with Gasteiger partial charge in [0.1, 0.15) is 0 Å². The van der Waals surface area contributed by atoms with Crippen molar-refractivity contribution >= 4 is 22.5 Å². The number of hydrogen-bond acceptors (Lipinski definition) is 2. The number of rotatable bonds is 9. The molecule has 2 aromatic carbocycles. The van der Waals surface area contributed by atoms with E-state index in [4.69, 9.17) is 0 Å². The van der Waals surface area contributed by atoms with Crippen molar-refractivity contribution in [3.05, 3.63) is 48.0 Å². The van der Waals surface area contributed by atoms with E-state index in [1.807, 2.05) is 11.8 Å². The van der Waals surface area contributed by atoms with Gasteiger partial charge in [0.05, 0.1) is 0 Å². The molecule has 2 rings (SSSR count). The van der Waals surface area contributed by atoms with Crippen LogP contribution in [0, 0.1) is 0 Å². The summed E-state index contributed by atoms with van der Waals surface area (Å²) >= 11 is 1.95. The molecule has 1 N–H and O–H groups in total. The molecule has 0 aliphatic heterocycles. The highest BCUT2D eigenvalue weighted by atomic mass is 32.2. The fraction of sp³-hybridized carbons (Fsp3) is 0.444. The van der Waals surface area contributed by atoms with Crippen LogP contribution in [0.3, 0.4) is 0 Å². The van der Waals surface area contributed by atoms with Gasteiger partial charge in [0.2, 0.25) is 0 Å². The first-order valence-corrected chi connectivity index (χ1v) is 8.97. The van der Waals surface area contributed by atoms with Crippen LogP contribution >= 0.6 is 11.8 Å². The summed E-state index contributed by atoms with van der Waals surface area (Å²) in [5, 5.41) is 6.21. The number of fused-ring (bicyclic) bond motifs is 1. The van der Waals surface area contributed by atoms with Gasteiger partial charge in [0.15, 0.2) is 0 Å². The van der Waals surface area contributed by atoms with E-state index in [1.54, 1.807) is 0 Å². The number of benzene rings is 2. The summed E-state index contributed by atoms with van der Waals surface area (Å²) in [6.07, 6.45) is 7.57. The fourth-order valence-electron chi connectivity index (χ4n) is 2.43. The van der Waals surface area contributed by atoms with Gasteiger partial charge in [-0.1, -0.05) is 49.2 Å². The van der Waals surface area contributed by atoms with Crippen LogP contribution in [0.15, 0.2) is 42.5 Å². The molecule has 0 saturated carbocycles. The maximum absolute atomic E-state index is 3.55. The molecule has 0 spiro atoms. The minimum absolute atomic E-state index is 0.982. The average Bonchev–Trinajstić information content (AvgIpc) is 2.50. The highest BCUT2D eigenvalue weighted by Crippen LogP contribution is 2.15. The normalized spacial score (nSPS) is 11.1. The summed E-state index contributed by atoms with van der Waals surface area (Å²) in [4.78, 5) is 0. The van der Waals surface area contributed by atoms with E-state index >= 15 is 0 Å². The van der Waals surface area contributed by atoms with Crippen molar-refractivity contribution in [2.24, 2.45) is 0 Å². The number of hydrogen-bond donors (Lipinski definition) is 1. The maximum atomic E-state index is 3.55. The molecule has 0 fully saturated rings. The van der Waals surface area contributed by atoms with Crippen LogP contribution in [0.2, 0.25) is 0 Å². The first-order chi connectivity index (χ1) is 9.90. The molecule has 0 aliphatic rings. The predicted molar refractivity (Wildman–Crippen MR) is 92.5 cm³/mol. The zero-order valence-corrected chi connectivity index (χ0v) is 13.2. The molecular weight excluding hydrogens is 262 g/mol. The standard InChI is InChI=1S/C18H25NS/c1-20-13-7-3-2-6-12-19-15-16-10-11-17-8-4-5-9-18(17)14-16/h4-5,8-11,14,19H,2-3,6-7,12-13,15H2,1H3. The highest BCUT2D eigenvalue weighted by Gasteiger charge is 1.96. The van der Waals surface area contributed by atoms with Gasteiger partial charge in [-0.3, -0.25) is 0 Å². The molecule has 20 heavy (non-hydrogen) atoms. The van der Waals surface area contributed by atoms with Gasteiger partial charge in [-0.05, 0) is 53.8 Å². The van der Waals surface area contributed by atoms with Gasteiger partial charge in [-0.25, -0.2) is 0 Å². The highest BCUT2D eigenvalue weighted by molar-refractivity contribution is 7.98. The molecule has 0 aromatic heterocycles. The monoisotopic (exact) mass is 287 g/mol. The molecule has 0 amide bonds. The van der Waals surface area contributed by atoms with Crippen molar-refractivity contribution in [1.82, 2.24) is 5.32 Å². The molecule has 0 saturated heterocycles. The number of nitrogens with one attached hydrogen (secondary N) is 1. The van der Waals surface area contributed by atoms with Crippen LogP contribution in [-0.4, -0.2) is 18.6 Å². The third kappa shape index (κ3) is 5.18. The van der Waals surface area contributed by atoms with Crippen molar-refractivity contribution in [2.75, 3.05) is 18.6 Å². The molecule has 1 nitrogen and oxygen atoms in total. The Labute approximate surface area is 127 Å². The Hall–Kier alpha value is -0.990. The number of thioether (sulfide) groups is 1. The zero-order valence-electron chi connectivity index (χ0n) is 12.4. The third-order valence-electron chi connectivity index (χ3n) is 3.60. The van der Waals surface area contributed by atoms with E-state index in [1.165, 1.54) is 47.8 Å². The van der Waals surface area contributed by atoms with E-state index in [0.29, 0.717) is 0 Å². The lowest BCUT2D eigenvalue weighted by Gasteiger charge is -2.06. The summed E-state index contributed by atoms with van der Waals surface area (Å²) in [7, 11) is 0. The smallest absolute Gasteiger partial charge is 0.0205 e. The Morgan fingerprint density at radius 2 is 1.70 bits per heavy atom. The Morgan fingerprint density at radius 3 is 2.55 bits per heavy atom. The molecule has 2 heteroatoms. The summed E-state index contributed by atoms with van der Waals surface area (Å²) in [6.45, 7) is 2.11. The van der Waals surface area contributed by atoms with E-state index in [-0.39, 0.29) is 0 Å². The Bertz CT molecular complexity index is 509. The van der Waals surface area contributed by atoms with Gasteiger partial charge in [0.25, 0.3) is 0 Å². The van der Waals surface area contributed by atoms with E-state index < -0.39 is 0 Å². The van der Waals surface area contributed by atoms with Crippen molar-refractivity contribution in [1.29, 1.82) is 0 Å². The van der Waals surface area contributed by atoms with Gasteiger partial charge < -0.3 is 5.32 Å². The Balaban J connectivity index is 1.65. The lowest BCUT2D eigenvalue weighted by molar-refractivity contribution is 0.600. The van der Waals surface area contributed by atoms with Crippen molar-refractivity contribution in [3.8, 4) is 0 Å². The van der Waals surface area contributed by atoms with E-state index in [2.05, 4.69) is 54.0 Å². The maximum Gasteiger partial charge on any atom is 0.0205 e. The lowest BCUT2D eigenvalue weighted by Crippen LogP contribution is -2.14. The van der Waals surface area contributed by atoms with Crippen molar-refractivity contribution in [2.45, 2.75) is 32.2 Å². The third-order valence-corrected chi connectivity index (χ3v) is 4.29. The van der Waals surface area contributed by atoms with Gasteiger partial charge >= 0.3 is 0 Å². The Kier molecular flexibility index (Phi) is 6.96. The zero-order chi connectivity index (χ0) is 14.0. The second kappa shape index (κ2) is 9.04. The fourth-order valence-corrected chi connectivity index (χ4v) is 2.92. The molecule has 0 heterocycles. The van der Waals surface area contributed by atoms with Crippen LogP contribution in [0.5, 0.6) is 0 Å². The second-order valence-corrected chi connectivity index (χ2v) is 6.25. The molecule has 0 radical (unpaired) electrons. The molecule has 108 valence electrons. The molecule has 2 aromatic rings. The molecule has 0 unspecified atom stereocenters. The van der Waals surface area contributed by atoms with Crippen molar-refractivity contribution in [3.63, 3.8) is 0 Å². The van der Waals surface area contributed by atoms with E-state index in [0.717, 1.165) is 13.1 Å². The van der Waals surface area contributed by atoms with Crippen LogP contribution in [-0.2, 0) is 6.54 Å². The topological polar surface area (TPSA) is 12.0 Å². The van der Waals surface area contributed by atoms with Crippen LogP contribution in [0.25, 0.3) is 10.8 Å². The first kappa shape index (κ1) is 15.4. The average molecular weight is 287 g/mol. The number of unbranched alkanes of at least 4 members (excludes halogenated alkanes) is 3. The van der Waals surface area contributed by atoms with Gasteiger partial charge in [-0.15, -0.1) is 0 Å². The minimum atomic E-state index is 0.982.